The van der Waals surface area contributed by atoms with Crippen LogP contribution in [0.15, 0.2) is 36.7 Å². The maximum atomic E-state index is 11.0. The second-order valence-corrected chi connectivity index (χ2v) is 3.58. The van der Waals surface area contributed by atoms with E-state index < -0.39 is 4.92 Å². The number of hydrogen-bond acceptors (Lipinski definition) is 6. The Balaban J connectivity index is 2.52. The average molecular weight is 245 g/mol. The summed E-state index contributed by atoms with van der Waals surface area (Å²) in [5.74, 6) is 0.0199. The molecule has 0 saturated heterocycles. The van der Waals surface area contributed by atoms with Gasteiger partial charge in [0.25, 0.3) is 0 Å². The summed E-state index contributed by atoms with van der Waals surface area (Å²) < 4.78 is 0. The molecule has 0 aliphatic heterocycles. The summed E-state index contributed by atoms with van der Waals surface area (Å²) in [6, 6.07) is 9.18. The largest absolute Gasteiger partial charge is 0.378 e. The molecule has 1 aromatic carbocycles. The van der Waals surface area contributed by atoms with E-state index in [1.807, 2.05) is 30.3 Å². The number of para-hydroxylation sites is 1. The van der Waals surface area contributed by atoms with E-state index in [-0.39, 0.29) is 17.3 Å². The molecule has 1 aromatic heterocycles. The van der Waals surface area contributed by atoms with Crippen molar-refractivity contribution < 1.29 is 4.92 Å². The Kier molecular flexibility index (Phi) is 3.05. The zero-order valence-corrected chi connectivity index (χ0v) is 9.65. The van der Waals surface area contributed by atoms with Gasteiger partial charge in [-0.15, -0.1) is 0 Å². The zero-order chi connectivity index (χ0) is 13.1. The Bertz CT molecular complexity index is 573. The van der Waals surface area contributed by atoms with Gasteiger partial charge >= 0.3 is 5.69 Å². The summed E-state index contributed by atoms with van der Waals surface area (Å²) in [5.41, 5.74) is 6.01. The summed E-state index contributed by atoms with van der Waals surface area (Å²) in [5, 5.41) is 11.0. The van der Waals surface area contributed by atoms with E-state index in [0.29, 0.717) is 0 Å². The van der Waals surface area contributed by atoms with Crippen LogP contribution in [0.2, 0.25) is 0 Å². The van der Waals surface area contributed by atoms with E-state index in [2.05, 4.69) is 9.97 Å². The molecule has 0 bridgehead atoms. The van der Waals surface area contributed by atoms with E-state index in [9.17, 15) is 10.1 Å². The van der Waals surface area contributed by atoms with Crippen molar-refractivity contribution >= 4 is 23.0 Å². The molecule has 0 atom stereocenters. The monoisotopic (exact) mass is 245 g/mol. The molecule has 0 saturated carbocycles. The molecular weight excluding hydrogens is 234 g/mol. The van der Waals surface area contributed by atoms with Gasteiger partial charge in [0.05, 0.1) is 4.92 Å². The average Bonchev–Trinajstić information content (AvgIpc) is 2.38. The summed E-state index contributed by atoms with van der Waals surface area (Å²) in [6.45, 7) is 0. The van der Waals surface area contributed by atoms with E-state index in [4.69, 9.17) is 5.73 Å². The summed E-state index contributed by atoms with van der Waals surface area (Å²) in [7, 11) is 1.68. The van der Waals surface area contributed by atoms with Crippen LogP contribution in [0.3, 0.4) is 0 Å². The molecule has 0 unspecified atom stereocenters. The van der Waals surface area contributed by atoms with Crippen molar-refractivity contribution in [2.75, 3.05) is 17.7 Å². The number of nitrogen functional groups attached to an aromatic ring is 1. The molecule has 0 spiro atoms. The van der Waals surface area contributed by atoms with Gasteiger partial charge in [0.1, 0.15) is 6.33 Å². The van der Waals surface area contributed by atoms with Crippen LogP contribution in [0, 0.1) is 10.1 Å². The second-order valence-electron chi connectivity index (χ2n) is 3.58. The Morgan fingerprint density at radius 1 is 1.28 bits per heavy atom. The number of nitrogens with two attached hydrogens (primary N) is 1. The molecular formula is C11H11N5O2. The number of benzene rings is 1. The molecule has 0 aliphatic rings. The van der Waals surface area contributed by atoms with Crippen LogP contribution in [0.1, 0.15) is 0 Å². The second kappa shape index (κ2) is 4.66. The Hall–Kier alpha value is -2.70. The topological polar surface area (TPSA) is 98.2 Å². The van der Waals surface area contributed by atoms with Crippen molar-refractivity contribution in [2.45, 2.75) is 0 Å². The molecule has 0 fully saturated rings. The van der Waals surface area contributed by atoms with Gasteiger partial charge in [0.15, 0.2) is 0 Å². The zero-order valence-electron chi connectivity index (χ0n) is 9.65. The van der Waals surface area contributed by atoms with E-state index in [0.717, 1.165) is 5.69 Å². The maximum absolute atomic E-state index is 11.0. The quantitative estimate of drug-likeness (QED) is 0.653. The predicted octanol–water partition coefficient (Wildman–Crippen LogP) is 1.73. The van der Waals surface area contributed by atoms with Crippen molar-refractivity contribution in [1.29, 1.82) is 0 Å². The molecule has 92 valence electrons. The number of anilines is 3. The molecule has 0 radical (unpaired) electrons. The number of nitrogens with zero attached hydrogens (tertiary/aromatic N) is 4. The van der Waals surface area contributed by atoms with E-state index >= 15 is 0 Å². The third kappa shape index (κ3) is 2.05. The minimum absolute atomic E-state index is 0.146. The number of nitro groups is 1. The smallest absolute Gasteiger partial charge is 0.353 e. The number of aromatic nitrogens is 2. The fraction of sp³-hybridized carbons (Fsp3) is 0.0909. The Morgan fingerprint density at radius 2 is 1.94 bits per heavy atom. The highest BCUT2D eigenvalue weighted by atomic mass is 16.6. The van der Waals surface area contributed by atoms with E-state index in [1.54, 1.807) is 11.9 Å². The van der Waals surface area contributed by atoms with Crippen molar-refractivity contribution in [3.05, 3.63) is 46.8 Å². The molecule has 7 nitrogen and oxygen atoms in total. The summed E-state index contributed by atoms with van der Waals surface area (Å²) >= 11 is 0. The molecule has 2 aromatic rings. The third-order valence-corrected chi connectivity index (χ3v) is 2.48. The first-order valence-corrected chi connectivity index (χ1v) is 5.15. The lowest BCUT2D eigenvalue weighted by Crippen LogP contribution is -2.14. The van der Waals surface area contributed by atoms with Crippen LogP contribution in [0.25, 0.3) is 0 Å². The molecule has 0 amide bonds. The fourth-order valence-electron chi connectivity index (χ4n) is 1.58. The van der Waals surface area contributed by atoms with Crippen LogP contribution in [-0.4, -0.2) is 21.9 Å². The van der Waals surface area contributed by atoms with Gasteiger partial charge in [-0.2, -0.15) is 0 Å². The van der Waals surface area contributed by atoms with Crippen molar-refractivity contribution in [2.24, 2.45) is 0 Å². The van der Waals surface area contributed by atoms with E-state index in [1.165, 1.54) is 6.33 Å². The number of rotatable bonds is 3. The third-order valence-electron chi connectivity index (χ3n) is 2.48. The van der Waals surface area contributed by atoms with Crippen LogP contribution in [0.5, 0.6) is 0 Å². The van der Waals surface area contributed by atoms with Gasteiger partial charge in [0, 0.05) is 12.7 Å². The minimum Gasteiger partial charge on any atom is -0.378 e. The molecule has 18 heavy (non-hydrogen) atoms. The minimum atomic E-state index is -0.579. The SMILES string of the molecule is CN(c1ccccc1)c1ncnc(N)c1[N+](=O)[O-]. The van der Waals surface area contributed by atoms with Crippen LogP contribution in [-0.2, 0) is 0 Å². The van der Waals surface area contributed by atoms with Gasteiger partial charge in [-0.3, -0.25) is 10.1 Å². The molecule has 1 heterocycles. The first kappa shape index (κ1) is 11.8. The van der Waals surface area contributed by atoms with Crippen molar-refractivity contribution in [1.82, 2.24) is 9.97 Å². The van der Waals surface area contributed by atoms with Crippen molar-refractivity contribution in [3.8, 4) is 0 Å². The molecule has 2 rings (SSSR count). The summed E-state index contributed by atoms with van der Waals surface area (Å²) in [4.78, 5) is 19.6. The van der Waals surface area contributed by atoms with Crippen molar-refractivity contribution in [3.63, 3.8) is 0 Å². The highest BCUT2D eigenvalue weighted by Gasteiger charge is 2.24. The lowest BCUT2D eigenvalue weighted by Gasteiger charge is -2.17. The molecule has 2 N–H and O–H groups in total. The standard InChI is InChI=1S/C11H11N5O2/c1-15(8-5-3-2-4-6-8)11-9(16(17)18)10(12)13-7-14-11/h2-7H,1H3,(H2,12,13,14). The summed E-state index contributed by atoms with van der Waals surface area (Å²) in [6.07, 6.45) is 1.21. The van der Waals surface area contributed by atoms with Crippen LogP contribution in [0.4, 0.5) is 23.0 Å². The first-order chi connectivity index (χ1) is 8.61. The highest BCUT2D eigenvalue weighted by Crippen LogP contribution is 2.32. The normalized spacial score (nSPS) is 10.1. The fourth-order valence-corrected chi connectivity index (χ4v) is 1.58. The van der Waals surface area contributed by atoms with Gasteiger partial charge < -0.3 is 10.6 Å². The lowest BCUT2D eigenvalue weighted by atomic mass is 10.3. The highest BCUT2D eigenvalue weighted by molar-refractivity contribution is 5.73. The van der Waals surface area contributed by atoms with Crippen LogP contribution >= 0.6 is 0 Å². The maximum Gasteiger partial charge on any atom is 0.353 e. The lowest BCUT2D eigenvalue weighted by molar-refractivity contribution is -0.383. The van der Waals surface area contributed by atoms with Crippen LogP contribution < -0.4 is 10.6 Å². The first-order valence-electron chi connectivity index (χ1n) is 5.15. The predicted molar refractivity (Wildman–Crippen MR) is 67.6 cm³/mol. The molecule has 0 aliphatic carbocycles. The molecule has 7 heteroatoms. The Labute approximate surface area is 103 Å². The van der Waals surface area contributed by atoms with Gasteiger partial charge in [0.2, 0.25) is 11.6 Å². The van der Waals surface area contributed by atoms with Gasteiger partial charge in [-0.05, 0) is 12.1 Å². The van der Waals surface area contributed by atoms with Gasteiger partial charge in [-0.1, -0.05) is 18.2 Å². The Morgan fingerprint density at radius 3 is 2.56 bits per heavy atom. The number of hydrogen-bond donors (Lipinski definition) is 1. The van der Waals surface area contributed by atoms with Gasteiger partial charge in [-0.25, -0.2) is 9.97 Å².